The smallest absolute Gasteiger partial charge is 0.321 e. The van der Waals surface area contributed by atoms with Gasteiger partial charge in [-0.1, -0.05) is 58.3 Å². The lowest BCUT2D eigenvalue weighted by molar-refractivity contribution is -0.882. The van der Waals surface area contributed by atoms with Crippen LogP contribution in [0.15, 0.2) is 0 Å². The Morgan fingerprint density at radius 2 is 0.947 bits per heavy atom. The number of hydrogen-bond donors (Lipinski definition) is 1. The fraction of sp³-hybridized carbons (Fsp3) is 0.955. The molecule has 0 spiro atoms. The third kappa shape index (κ3) is 8.77. The highest BCUT2D eigenvalue weighted by atomic mass is 19.4. The minimum Gasteiger partial charge on any atom is -0.321 e. The van der Waals surface area contributed by atoms with Crippen molar-refractivity contribution in [2.75, 3.05) is 27.2 Å². The number of likely N-dealkylation sites (N-methyl/N-ethyl adjacent to an activating group) is 1. The van der Waals surface area contributed by atoms with Crippen LogP contribution < -0.4 is 5.32 Å². The molecule has 0 aliphatic carbocycles. The van der Waals surface area contributed by atoms with Crippen molar-refractivity contribution in [1.29, 1.82) is 0 Å². The van der Waals surface area contributed by atoms with Gasteiger partial charge in [-0.25, -0.2) is 0 Å². The zero-order valence-corrected chi connectivity index (χ0v) is 21.3. The van der Waals surface area contributed by atoms with Crippen LogP contribution in [0, 0.1) is 0 Å². The summed E-state index contributed by atoms with van der Waals surface area (Å²) >= 11 is 0. The van der Waals surface area contributed by atoms with Crippen molar-refractivity contribution in [3.05, 3.63) is 0 Å². The Balaban J connectivity index is 5.08. The van der Waals surface area contributed by atoms with Gasteiger partial charge < -0.3 is 4.48 Å². The maximum absolute atomic E-state index is 13.8. The fourth-order valence-electron chi connectivity index (χ4n) is 3.56. The molecule has 1 N–H and O–H groups in total. The van der Waals surface area contributed by atoms with E-state index in [2.05, 4.69) is 6.92 Å². The summed E-state index contributed by atoms with van der Waals surface area (Å²) in [6.45, 7) is 1.19. The monoisotopic (exact) mass is 589 g/mol. The molecule has 1 amide bonds. The van der Waals surface area contributed by atoms with Gasteiger partial charge in [0.25, 0.3) is 5.91 Å². The average Bonchev–Trinajstić information content (AvgIpc) is 2.72. The molecule has 0 rings (SSSR count). The Morgan fingerprint density at radius 1 is 0.579 bits per heavy atom. The highest BCUT2D eigenvalue weighted by molar-refractivity contribution is 5.77. The summed E-state index contributed by atoms with van der Waals surface area (Å²) in [6.07, 6.45) is 2.00. The van der Waals surface area contributed by atoms with Crippen molar-refractivity contribution in [2.24, 2.45) is 0 Å². The van der Waals surface area contributed by atoms with E-state index in [0.29, 0.717) is 12.8 Å². The maximum atomic E-state index is 13.8. The number of unbranched alkanes of at least 4 members (excludes halogenated alkanes) is 9. The van der Waals surface area contributed by atoms with E-state index in [1.807, 2.05) is 0 Å². The summed E-state index contributed by atoms with van der Waals surface area (Å²) in [5.74, 6) is -33.3. The number of carbonyl (C=O) groups is 1. The lowest BCUT2D eigenvalue weighted by Gasteiger charge is -2.39. The summed E-state index contributed by atoms with van der Waals surface area (Å²) < 4.78 is 170. The van der Waals surface area contributed by atoms with Gasteiger partial charge in [0.2, 0.25) is 0 Å². The number of carbonyl (C=O) groups excluding carboxylic acids is 1. The van der Waals surface area contributed by atoms with Crippen molar-refractivity contribution in [1.82, 2.24) is 5.32 Å². The van der Waals surface area contributed by atoms with Crippen LogP contribution in [0.2, 0.25) is 0 Å². The lowest BCUT2D eigenvalue weighted by Crippen LogP contribution is -2.73. The summed E-state index contributed by atoms with van der Waals surface area (Å²) in [7, 11) is 2.58. The molecule has 3 nitrogen and oxygen atoms in total. The number of quaternary nitrogens is 1. The molecule has 0 aromatic carbocycles. The molecule has 0 saturated heterocycles. The second-order valence-corrected chi connectivity index (χ2v) is 9.92. The van der Waals surface area contributed by atoms with E-state index in [0.717, 1.165) is 51.4 Å². The molecule has 0 fully saturated rings. The van der Waals surface area contributed by atoms with E-state index in [4.69, 9.17) is 0 Å². The average molecular weight is 590 g/mol. The first-order chi connectivity index (χ1) is 16.9. The zero-order valence-electron chi connectivity index (χ0n) is 21.3. The molecule has 38 heavy (non-hydrogen) atoms. The molecule has 0 saturated carbocycles. The van der Waals surface area contributed by atoms with Gasteiger partial charge >= 0.3 is 35.9 Å². The van der Waals surface area contributed by atoms with Crippen molar-refractivity contribution >= 4 is 5.91 Å². The van der Waals surface area contributed by atoms with E-state index in [1.165, 1.54) is 14.1 Å². The topological polar surface area (TPSA) is 29.1 Å². The van der Waals surface area contributed by atoms with Crippen LogP contribution in [0.4, 0.5) is 57.1 Å². The highest BCUT2D eigenvalue weighted by Gasteiger charge is 2.91. The number of halogens is 13. The maximum Gasteiger partial charge on any atom is 0.460 e. The largest absolute Gasteiger partial charge is 0.460 e. The van der Waals surface area contributed by atoms with Crippen LogP contribution in [-0.4, -0.2) is 73.5 Å². The first-order valence-electron chi connectivity index (χ1n) is 12.0. The normalized spacial score (nSPS) is 14.6. The van der Waals surface area contributed by atoms with E-state index in [1.54, 1.807) is 0 Å². The van der Waals surface area contributed by atoms with Crippen molar-refractivity contribution in [3.63, 3.8) is 0 Å². The number of nitrogens with zero attached hydrogens (tertiary/aromatic N) is 1. The molecule has 0 aliphatic heterocycles. The van der Waals surface area contributed by atoms with Gasteiger partial charge in [-0.15, -0.1) is 0 Å². The van der Waals surface area contributed by atoms with Gasteiger partial charge in [-0.05, 0) is 12.8 Å². The summed E-state index contributed by atoms with van der Waals surface area (Å²) in [4.78, 5) is 11.8. The van der Waals surface area contributed by atoms with Crippen LogP contribution >= 0.6 is 0 Å². The summed E-state index contributed by atoms with van der Waals surface area (Å²) in [5.41, 5.74) is 0. The zero-order chi connectivity index (χ0) is 30.3. The van der Waals surface area contributed by atoms with Crippen LogP contribution in [-0.2, 0) is 4.79 Å². The Bertz CT molecular complexity index is 737. The van der Waals surface area contributed by atoms with Gasteiger partial charge in [0.15, 0.2) is 6.54 Å². The first kappa shape index (κ1) is 36.5. The number of hydrogen-bond acceptors (Lipinski definition) is 1. The van der Waals surface area contributed by atoms with Crippen LogP contribution in [0.3, 0.4) is 0 Å². The number of alkyl halides is 13. The Morgan fingerprint density at radius 3 is 1.34 bits per heavy atom. The second kappa shape index (κ2) is 13.2. The molecule has 228 valence electrons. The van der Waals surface area contributed by atoms with Crippen LogP contribution in [0.25, 0.3) is 0 Å². The van der Waals surface area contributed by atoms with Crippen molar-refractivity contribution in [3.8, 4) is 0 Å². The fourth-order valence-corrected chi connectivity index (χ4v) is 3.56. The highest BCUT2D eigenvalue weighted by Crippen LogP contribution is 2.59. The number of rotatable bonds is 18. The van der Waals surface area contributed by atoms with Gasteiger partial charge in [0, 0.05) is 0 Å². The predicted molar refractivity (Wildman–Crippen MR) is 113 cm³/mol. The van der Waals surface area contributed by atoms with Gasteiger partial charge in [0.05, 0.1) is 20.6 Å². The molecule has 0 atom stereocenters. The van der Waals surface area contributed by atoms with E-state index < -0.39 is 52.8 Å². The summed E-state index contributed by atoms with van der Waals surface area (Å²) in [6, 6.07) is -6.62. The van der Waals surface area contributed by atoms with E-state index >= 15 is 0 Å². The van der Waals surface area contributed by atoms with Gasteiger partial charge in [-0.3, -0.25) is 10.1 Å². The second-order valence-electron chi connectivity index (χ2n) is 9.92. The molecule has 0 aromatic heterocycles. The number of amides is 1. The molecular weight excluding hydrogens is 555 g/mol. The molecule has 0 aliphatic rings. The molecule has 0 unspecified atom stereocenters. The molecular formula is C22H34F13N2O+. The molecule has 0 aromatic rings. The lowest BCUT2D eigenvalue weighted by atomic mass is 9.96. The Labute approximate surface area is 212 Å². The third-order valence-corrected chi connectivity index (χ3v) is 5.92. The van der Waals surface area contributed by atoms with Crippen LogP contribution in [0.5, 0.6) is 0 Å². The molecule has 16 heteroatoms. The molecule has 0 radical (unpaired) electrons. The van der Waals surface area contributed by atoms with E-state index in [9.17, 15) is 61.9 Å². The Hall–Kier alpha value is -1.48. The third-order valence-electron chi connectivity index (χ3n) is 5.92. The standard InChI is InChI=1S/C22H33F13N2O/c1-4-5-6-7-8-9-10-11-12-13-14-37(2,3)15-16(38)36-22(34,35)20(29,30)18(25,26)17(23,24)19(27,28)21(31,32)33/h4-15H2,1-3H3/p+1. The summed E-state index contributed by atoms with van der Waals surface area (Å²) in [5, 5.41) is 0.0829. The number of nitrogens with one attached hydrogen (secondary N) is 1. The Kier molecular flexibility index (Phi) is 12.7. The predicted octanol–water partition coefficient (Wildman–Crippen LogP) is 7.80. The first-order valence-corrected chi connectivity index (χ1v) is 12.0. The van der Waals surface area contributed by atoms with Gasteiger partial charge in [-0.2, -0.15) is 57.1 Å². The van der Waals surface area contributed by atoms with Crippen molar-refractivity contribution < 1.29 is 66.4 Å². The molecule has 0 heterocycles. The van der Waals surface area contributed by atoms with E-state index in [-0.39, 0.29) is 11.9 Å². The quantitative estimate of drug-likeness (QED) is 0.0752. The van der Waals surface area contributed by atoms with Crippen LogP contribution in [0.1, 0.15) is 71.1 Å². The minimum absolute atomic E-state index is 0.0829. The molecule has 0 bridgehead atoms. The minimum atomic E-state index is -8.00. The SMILES string of the molecule is CCCCCCCCCCCC[N+](C)(C)CC(=O)NC(F)(F)C(F)(F)C(F)(F)C(F)(F)C(F)(F)C(F)(F)F. The van der Waals surface area contributed by atoms with Gasteiger partial charge in [0.1, 0.15) is 0 Å². The van der Waals surface area contributed by atoms with Crippen molar-refractivity contribution in [2.45, 2.75) is 107 Å².